The number of hydrogen-bond donors (Lipinski definition) is 2. The monoisotopic (exact) mass is 572 g/mol. The summed E-state index contributed by atoms with van der Waals surface area (Å²) in [6.45, 7) is 6.20. The Morgan fingerprint density at radius 3 is 2.16 bits per heavy atom. The van der Waals surface area contributed by atoms with E-state index in [1.54, 1.807) is 0 Å². The van der Waals surface area contributed by atoms with Crippen LogP contribution in [-0.4, -0.2) is 45.0 Å². The van der Waals surface area contributed by atoms with E-state index in [9.17, 15) is 8.42 Å². The first-order chi connectivity index (χ1) is 14.9. The Labute approximate surface area is 208 Å². The molecule has 0 amide bonds. The topological polar surface area (TPSA) is 97.0 Å². The second kappa shape index (κ2) is 12.5. The number of ether oxygens (including phenoxy) is 1. The van der Waals surface area contributed by atoms with E-state index in [0.29, 0.717) is 38.8 Å². The van der Waals surface area contributed by atoms with Crippen LogP contribution >= 0.6 is 24.0 Å². The number of nitrogens with one attached hydrogen (secondary N) is 1. The fourth-order valence-corrected chi connectivity index (χ4v) is 5.27. The molecule has 0 aliphatic carbocycles. The van der Waals surface area contributed by atoms with Crippen LogP contribution in [0.3, 0.4) is 0 Å². The van der Waals surface area contributed by atoms with Gasteiger partial charge in [0.2, 0.25) is 10.0 Å². The number of morpholine rings is 1. The number of sulfonamides is 1. The maximum absolute atomic E-state index is 12.8. The van der Waals surface area contributed by atoms with Crippen molar-refractivity contribution in [3.63, 3.8) is 0 Å². The minimum Gasteiger partial charge on any atom is -0.379 e. The summed E-state index contributed by atoms with van der Waals surface area (Å²) in [5, 5.41) is 3.26. The molecule has 32 heavy (non-hydrogen) atoms. The first-order valence-corrected chi connectivity index (χ1v) is 12.4. The molecule has 0 saturated carbocycles. The van der Waals surface area contributed by atoms with Gasteiger partial charge in [-0.3, -0.25) is 0 Å². The van der Waals surface area contributed by atoms with Crippen LogP contribution in [0.2, 0.25) is 0 Å². The lowest BCUT2D eigenvalue weighted by atomic mass is 10.0. The van der Waals surface area contributed by atoms with E-state index in [2.05, 4.69) is 42.4 Å². The molecular weight excluding hydrogens is 539 g/mol. The van der Waals surface area contributed by atoms with Gasteiger partial charge in [-0.25, -0.2) is 13.4 Å². The molecule has 1 heterocycles. The first-order valence-electron chi connectivity index (χ1n) is 10.7. The Bertz CT molecular complexity index is 999. The zero-order valence-electron chi connectivity index (χ0n) is 18.7. The highest BCUT2D eigenvalue weighted by molar-refractivity contribution is 14.0. The van der Waals surface area contributed by atoms with Crippen molar-refractivity contribution in [1.29, 1.82) is 0 Å². The van der Waals surface area contributed by atoms with E-state index >= 15 is 0 Å². The van der Waals surface area contributed by atoms with E-state index in [1.807, 2.05) is 24.3 Å². The third kappa shape index (κ3) is 6.90. The van der Waals surface area contributed by atoms with Crippen molar-refractivity contribution in [2.45, 2.75) is 39.0 Å². The molecule has 0 unspecified atom stereocenters. The van der Waals surface area contributed by atoms with E-state index in [1.165, 1.54) is 15.4 Å². The van der Waals surface area contributed by atoms with Crippen molar-refractivity contribution < 1.29 is 13.2 Å². The number of hydrogen-bond acceptors (Lipinski definition) is 4. The second-order valence-corrected chi connectivity index (χ2v) is 9.49. The first kappa shape index (κ1) is 26.6. The highest BCUT2D eigenvalue weighted by atomic mass is 127. The molecule has 0 bridgehead atoms. The molecule has 3 rings (SSSR count). The number of aryl methyl sites for hydroxylation is 2. The van der Waals surface area contributed by atoms with Gasteiger partial charge in [0.1, 0.15) is 0 Å². The van der Waals surface area contributed by atoms with Gasteiger partial charge in [-0.2, -0.15) is 4.31 Å². The van der Waals surface area contributed by atoms with E-state index in [-0.39, 0.29) is 29.7 Å². The highest BCUT2D eigenvalue weighted by Gasteiger charge is 2.25. The quantitative estimate of drug-likeness (QED) is 0.287. The Hall–Kier alpha value is -1.69. The van der Waals surface area contributed by atoms with Crippen molar-refractivity contribution in [2.24, 2.45) is 10.7 Å². The Balaban J connectivity index is 0.00000363. The summed E-state index contributed by atoms with van der Waals surface area (Å²) in [7, 11) is -3.41. The number of para-hydroxylation sites is 1. The lowest BCUT2D eigenvalue weighted by Crippen LogP contribution is -2.41. The van der Waals surface area contributed by atoms with Gasteiger partial charge in [-0.15, -0.1) is 24.0 Å². The second-order valence-electron chi connectivity index (χ2n) is 7.52. The summed E-state index contributed by atoms with van der Waals surface area (Å²) in [5.41, 5.74) is 11.2. The molecule has 1 aliphatic rings. The van der Waals surface area contributed by atoms with Crippen molar-refractivity contribution >= 4 is 45.6 Å². The predicted octanol–water partition coefficient (Wildman–Crippen LogP) is 3.52. The zero-order chi connectivity index (χ0) is 22.3. The van der Waals surface area contributed by atoms with Crippen LogP contribution in [0.25, 0.3) is 0 Å². The normalized spacial score (nSPS) is 15.2. The molecule has 176 valence electrons. The van der Waals surface area contributed by atoms with Gasteiger partial charge in [0.25, 0.3) is 0 Å². The molecule has 7 nitrogen and oxygen atoms in total. The molecule has 0 atom stereocenters. The van der Waals surface area contributed by atoms with Gasteiger partial charge in [0.15, 0.2) is 5.96 Å². The smallest absolute Gasteiger partial charge is 0.218 e. The van der Waals surface area contributed by atoms with Crippen LogP contribution in [0, 0.1) is 0 Å². The predicted molar refractivity (Wildman–Crippen MR) is 141 cm³/mol. The number of guanidine groups is 1. The molecule has 0 aromatic heterocycles. The van der Waals surface area contributed by atoms with Crippen molar-refractivity contribution in [3.8, 4) is 0 Å². The molecule has 0 spiro atoms. The van der Waals surface area contributed by atoms with Crippen molar-refractivity contribution in [2.75, 3.05) is 31.6 Å². The number of aliphatic imine (C=N–C) groups is 1. The lowest BCUT2D eigenvalue weighted by Gasteiger charge is -2.26. The van der Waals surface area contributed by atoms with Gasteiger partial charge < -0.3 is 15.8 Å². The van der Waals surface area contributed by atoms with E-state index in [0.717, 1.165) is 29.7 Å². The average Bonchev–Trinajstić information content (AvgIpc) is 2.79. The summed E-state index contributed by atoms with van der Waals surface area (Å²) >= 11 is 0. The summed E-state index contributed by atoms with van der Waals surface area (Å²) < 4.78 is 32.4. The van der Waals surface area contributed by atoms with Gasteiger partial charge in [0.05, 0.1) is 25.5 Å². The molecule has 1 fully saturated rings. The maximum atomic E-state index is 12.8. The van der Waals surface area contributed by atoms with Gasteiger partial charge in [0, 0.05) is 18.8 Å². The van der Waals surface area contributed by atoms with Crippen molar-refractivity contribution in [3.05, 3.63) is 64.7 Å². The summed E-state index contributed by atoms with van der Waals surface area (Å²) in [6.07, 6.45) is 1.79. The SMILES string of the molecule is CCc1cccc(CC)c1NC(N)=NCc1ccccc1CS(=O)(=O)N1CCOCC1.I. The minimum atomic E-state index is -3.41. The van der Waals surface area contributed by atoms with Crippen LogP contribution in [0.4, 0.5) is 5.69 Å². The number of anilines is 1. The molecule has 3 N–H and O–H groups in total. The number of halogens is 1. The molecule has 0 radical (unpaired) electrons. The van der Waals surface area contributed by atoms with Crippen LogP contribution in [-0.2, 0) is 39.9 Å². The fraction of sp³-hybridized carbons (Fsp3) is 0.435. The summed E-state index contributed by atoms with van der Waals surface area (Å²) in [4.78, 5) is 4.50. The van der Waals surface area contributed by atoms with E-state index in [4.69, 9.17) is 10.5 Å². The number of nitrogens with zero attached hydrogens (tertiary/aromatic N) is 2. The average molecular weight is 573 g/mol. The maximum Gasteiger partial charge on any atom is 0.218 e. The Morgan fingerprint density at radius 2 is 1.56 bits per heavy atom. The molecular formula is C23H33IN4O3S. The molecule has 1 saturated heterocycles. The number of benzene rings is 2. The van der Waals surface area contributed by atoms with Crippen LogP contribution in [0.1, 0.15) is 36.1 Å². The van der Waals surface area contributed by atoms with Crippen LogP contribution < -0.4 is 11.1 Å². The third-order valence-electron chi connectivity index (χ3n) is 5.49. The minimum absolute atomic E-state index is 0. The zero-order valence-corrected chi connectivity index (χ0v) is 21.9. The van der Waals surface area contributed by atoms with Gasteiger partial charge >= 0.3 is 0 Å². The standard InChI is InChI=1S/C23H32N4O3S.HI/c1-3-18-10-7-11-19(4-2)22(18)26-23(24)25-16-20-8-5-6-9-21(20)17-31(28,29)27-12-14-30-15-13-27;/h5-11H,3-4,12-17H2,1-2H3,(H3,24,25,26);1H. The van der Waals surface area contributed by atoms with Crippen molar-refractivity contribution in [1.82, 2.24) is 4.31 Å². The highest BCUT2D eigenvalue weighted by Crippen LogP contribution is 2.22. The molecule has 2 aromatic carbocycles. The number of rotatable bonds is 8. The lowest BCUT2D eigenvalue weighted by molar-refractivity contribution is 0.0729. The number of nitrogens with two attached hydrogens (primary N) is 1. The largest absolute Gasteiger partial charge is 0.379 e. The van der Waals surface area contributed by atoms with Crippen LogP contribution in [0.5, 0.6) is 0 Å². The Morgan fingerprint density at radius 1 is 1.00 bits per heavy atom. The molecule has 1 aliphatic heterocycles. The van der Waals surface area contributed by atoms with Crippen LogP contribution in [0.15, 0.2) is 47.5 Å². The Kier molecular flexibility index (Phi) is 10.4. The summed E-state index contributed by atoms with van der Waals surface area (Å²) in [6, 6.07) is 13.7. The van der Waals surface area contributed by atoms with E-state index < -0.39 is 10.0 Å². The third-order valence-corrected chi connectivity index (χ3v) is 7.32. The fourth-order valence-electron chi connectivity index (χ4n) is 3.71. The summed E-state index contributed by atoms with van der Waals surface area (Å²) in [5.74, 6) is 0.270. The van der Waals surface area contributed by atoms with Gasteiger partial charge in [-0.1, -0.05) is 56.3 Å². The van der Waals surface area contributed by atoms with Gasteiger partial charge in [-0.05, 0) is 35.1 Å². The molecule has 9 heteroatoms. The molecule has 2 aromatic rings.